The van der Waals surface area contributed by atoms with Crippen LogP contribution in [0.5, 0.6) is 5.75 Å². The zero-order valence-electron chi connectivity index (χ0n) is 47.7. The maximum atomic E-state index is 14.2. The summed E-state index contributed by atoms with van der Waals surface area (Å²) in [6.07, 6.45) is -10.0. The maximum Gasteiger partial charge on any atom is 0.246 e. The van der Waals surface area contributed by atoms with E-state index < -0.39 is 202 Å². The molecule has 2 saturated heterocycles. The first-order valence-electron chi connectivity index (χ1n) is 28.3. The first-order chi connectivity index (χ1) is 40.4. The van der Waals surface area contributed by atoms with Gasteiger partial charge in [-0.25, -0.2) is 0 Å². The number of phenolic OH excluding ortho intramolecular Hbond substituents is 1. The average Bonchev–Trinajstić information content (AvgIpc) is 3.60. The minimum Gasteiger partial charge on any atom is -0.508 e. The Hall–Kier alpha value is -6.72. The fourth-order valence-corrected chi connectivity index (χ4v) is 9.18. The summed E-state index contributed by atoms with van der Waals surface area (Å²) < 4.78 is 11.4. The van der Waals surface area contributed by atoms with Gasteiger partial charge >= 0.3 is 0 Å². The quantitative estimate of drug-likeness (QED) is 0.0383. The van der Waals surface area contributed by atoms with Gasteiger partial charge in [-0.05, 0) is 43.5 Å². The minimum absolute atomic E-state index is 0.000376. The van der Waals surface area contributed by atoms with Crippen LogP contribution in [0.4, 0.5) is 0 Å². The molecule has 1 aromatic carbocycles. The third kappa shape index (κ3) is 24.7. The van der Waals surface area contributed by atoms with Crippen molar-refractivity contribution in [2.45, 2.75) is 195 Å². The van der Waals surface area contributed by atoms with Gasteiger partial charge in [0.15, 0.2) is 6.29 Å². The number of hydrogen-bond donors (Lipinski definition) is 20. The third-order valence-corrected chi connectivity index (χ3v) is 14.1. The van der Waals surface area contributed by atoms with Crippen molar-refractivity contribution in [2.24, 2.45) is 11.5 Å². The molecule has 2 fully saturated rings. The summed E-state index contributed by atoms with van der Waals surface area (Å²) in [5.74, 6) is -12.3. The molecule has 2 aliphatic heterocycles. The van der Waals surface area contributed by atoms with Crippen LogP contribution in [0, 0.1) is 0 Å². The van der Waals surface area contributed by atoms with Gasteiger partial charge in [-0.2, -0.15) is 0 Å². The van der Waals surface area contributed by atoms with E-state index in [4.69, 9.17) is 20.9 Å². The van der Waals surface area contributed by atoms with Gasteiger partial charge in [0.25, 0.3) is 0 Å². The number of rotatable bonds is 26. The van der Waals surface area contributed by atoms with Crippen LogP contribution in [0.3, 0.4) is 0 Å². The molecule has 0 unspecified atom stereocenters. The molecule has 0 spiro atoms. The van der Waals surface area contributed by atoms with Crippen molar-refractivity contribution in [1.29, 1.82) is 0 Å². The molecule has 2 heterocycles. The molecule has 32 heteroatoms. The molecule has 3 rings (SSSR count). The summed E-state index contributed by atoms with van der Waals surface area (Å²) in [6, 6.07) is -8.62. The highest BCUT2D eigenvalue weighted by atomic mass is 16.7. The van der Waals surface area contributed by atoms with Gasteiger partial charge < -0.3 is 115 Å². The lowest BCUT2D eigenvalue weighted by Crippen LogP contribution is -2.60. The van der Waals surface area contributed by atoms with Crippen molar-refractivity contribution in [3.63, 3.8) is 0 Å². The van der Waals surface area contributed by atoms with E-state index in [-0.39, 0.29) is 30.7 Å². The molecule has 480 valence electrons. The molecule has 0 aromatic heterocycles. The number of carbonyl (C=O) groups is 10. The second kappa shape index (κ2) is 37.7. The zero-order valence-corrected chi connectivity index (χ0v) is 47.7. The van der Waals surface area contributed by atoms with E-state index in [0.717, 1.165) is 57.1 Å². The molecular weight excluding hydrogens is 1130 g/mol. The molecule has 0 radical (unpaired) electrons. The number of aromatic hydroxyl groups is 1. The number of carbonyl (C=O) groups excluding carboxylic acids is 10. The lowest BCUT2D eigenvalue weighted by molar-refractivity contribution is -0.293. The molecule has 0 aliphatic carbocycles. The van der Waals surface area contributed by atoms with E-state index in [2.05, 4.69) is 54.8 Å². The highest BCUT2D eigenvalue weighted by Crippen LogP contribution is 2.25. The van der Waals surface area contributed by atoms with Crippen molar-refractivity contribution in [3.8, 4) is 5.75 Å². The predicted octanol–water partition coefficient (Wildman–Crippen LogP) is -7.46. The SMILES string of the molecule is CCCCCCCCCCC[C@@H](O[C@H]1OC[C@@H](O)[C@H](O)[C@H]1O)[C@H](O)[C@H](O)C[C@@H]1CC(=O)N[C@@H](CO)C(=O)N[C@H]([C@H](O)c2ccc(O)cc2)C(=O)N[C@H](CCN)C(=O)NCC(=O)N[C@@H](CC(=O)NC)C(=O)N[C@H](CO)C(=O)N[C@@H](CC(N)=O)C(=O)N1. The summed E-state index contributed by atoms with van der Waals surface area (Å²) in [6.45, 7) is -2.02. The van der Waals surface area contributed by atoms with Gasteiger partial charge in [-0.15, -0.1) is 0 Å². The maximum absolute atomic E-state index is 14.2. The fourth-order valence-electron chi connectivity index (χ4n) is 9.18. The van der Waals surface area contributed by atoms with Gasteiger partial charge in [0, 0.05) is 19.5 Å². The Labute approximate surface area is 490 Å². The Morgan fingerprint density at radius 2 is 1.22 bits per heavy atom. The predicted molar refractivity (Wildman–Crippen MR) is 296 cm³/mol. The number of phenols is 1. The number of unbranched alkanes of at least 4 members (excludes halogenated alkanes) is 8. The largest absolute Gasteiger partial charge is 0.508 e. The zero-order chi connectivity index (χ0) is 63.3. The molecule has 0 saturated carbocycles. The summed E-state index contributed by atoms with van der Waals surface area (Å²) >= 11 is 0. The molecule has 15 atom stereocenters. The average molecular weight is 1210 g/mol. The topological polar surface area (TPSA) is 532 Å². The van der Waals surface area contributed by atoms with Gasteiger partial charge in [-0.1, -0.05) is 76.8 Å². The number of benzene rings is 1. The first kappa shape index (κ1) is 72.5. The smallest absolute Gasteiger partial charge is 0.246 e. The van der Waals surface area contributed by atoms with Crippen molar-refractivity contribution in [2.75, 3.05) is 40.0 Å². The van der Waals surface area contributed by atoms with E-state index in [0.29, 0.717) is 12.8 Å². The molecule has 1 aromatic rings. The monoisotopic (exact) mass is 1210 g/mol. The number of nitrogens with one attached hydrogen (secondary N) is 9. The van der Waals surface area contributed by atoms with E-state index >= 15 is 0 Å². The van der Waals surface area contributed by atoms with Crippen LogP contribution in [-0.4, -0.2) is 230 Å². The Morgan fingerprint density at radius 3 is 1.82 bits per heavy atom. The van der Waals surface area contributed by atoms with Crippen molar-refractivity contribution < 1.29 is 103 Å². The lowest BCUT2D eigenvalue weighted by atomic mass is 9.94. The Bertz CT molecular complexity index is 2340. The Morgan fingerprint density at radius 1 is 0.682 bits per heavy atom. The number of ether oxygens (including phenoxy) is 2. The van der Waals surface area contributed by atoms with Gasteiger partial charge in [0.1, 0.15) is 72.5 Å². The van der Waals surface area contributed by atoms with Crippen LogP contribution >= 0.6 is 0 Å². The molecular formula is C53H87N11O21. The Kier molecular flexibility index (Phi) is 32.1. The van der Waals surface area contributed by atoms with E-state index in [1.807, 2.05) is 0 Å². The number of amides is 10. The third-order valence-electron chi connectivity index (χ3n) is 14.1. The molecule has 22 N–H and O–H groups in total. The summed E-state index contributed by atoms with van der Waals surface area (Å²) in [4.78, 5) is 136. The highest BCUT2D eigenvalue weighted by Gasteiger charge is 2.42. The summed E-state index contributed by atoms with van der Waals surface area (Å²) in [5, 5.41) is 117. The minimum atomic E-state index is -2.08. The van der Waals surface area contributed by atoms with Gasteiger partial charge in [0.05, 0.1) is 51.4 Å². The van der Waals surface area contributed by atoms with E-state index in [1.54, 1.807) is 0 Å². The highest BCUT2D eigenvalue weighted by molar-refractivity contribution is 5.99. The number of hydrogen-bond acceptors (Lipinski definition) is 22. The van der Waals surface area contributed by atoms with E-state index in [1.165, 1.54) is 19.2 Å². The second-order valence-corrected chi connectivity index (χ2v) is 20.9. The number of nitrogens with two attached hydrogens (primary N) is 2. The van der Waals surface area contributed by atoms with Gasteiger partial charge in [0.2, 0.25) is 59.1 Å². The standard InChI is InChI=1S/C53H87N11O21/c1-3-4-5-6-7-8-9-10-11-12-37(85-53-46(77)45(76)36(69)26-84-53)44(75)35(68)19-28-20-40(72)60-33(24-65)51(82)64-42(43(74)27-13-15-29(67)16-14-27)52(83)61-30(17-18-54)47(78)57-23-41(73)59-32(22-39(71)56-2)49(80)63-34(25-66)50(81)62-31(21-38(55)70)48(79)58-28/h13-16,28,30-37,42-46,53,65-69,74-77H,3-12,17-26,54H2,1-2H3,(H2,55,70)(H,56,71)(H,57,78)(H,58,79)(H,59,73)(H,60,72)(H,61,83)(H,62,81)(H,63,80)(H,64,82)/t28-,30-,31+,32+,33+,34-,35-,36-,37-,42-,43-,44-,45+,46-,53-/m1/s1. The van der Waals surface area contributed by atoms with Crippen molar-refractivity contribution in [3.05, 3.63) is 29.8 Å². The van der Waals surface area contributed by atoms with Crippen LogP contribution in [0.25, 0.3) is 0 Å². The molecule has 32 nitrogen and oxygen atoms in total. The lowest BCUT2D eigenvalue weighted by Gasteiger charge is -2.38. The van der Waals surface area contributed by atoms with Crippen molar-refractivity contribution >= 4 is 59.1 Å². The number of aliphatic hydroxyl groups is 8. The van der Waals surface area contributed by atoms with E-state index in [9.17, 15) is 93.9 Å². The summed E-state index contributed by atoms with van der Waals surface area (Å²) in [7, 11) is 1.19. The second-order valence-electron chi connectivity index (χ2n) is 20.9. The normalized spacial score (nSPS) is 27.1. The fraction of sp³-hybridized carbons (Fsp3) is 0.698. The van der Waals surface area contributed by atoms with Crippen LogP contribution in [0.2, 0.25) is 0 Å². The van der Waals surface area contributed by atoms with Crippen molar-refractivity contribution in [1.82, 2.24) is 47.9 Å². The van der Waals surface area contributed by atoms with Crippen LogP contribution in [-0.2, 0) is 57.4 Å². The number of aliphatic hydroxyl groups excluding tert-OH is 8. The molecule has 10 amide bonds. The first-order valence-corrected chi connectivity index (χ1v) is 28.3. The van der Waals surface area contributed by atoms with Crippen LogP contribution in [0.1, 0.15) is 115 Å². The van der Waals surface area contributed by atoms with Crippen LogP contribution in [0.15, 0.2) is 24.3 Å². The van der Waals surface area contributed by atoms with Gasteiger partial charge in [-0.3, -0.25) is 47.9 Å². The number of primary amides is 1. The molecule has 2 aliphatic rings. The summed E-state index contributed by atoms with van der Waals surface area (Å²) in [5.41, 5.74) is 11.1. The Balaban J connectivity index is 2.13. The molecule has 0 bridgehead atoms. The molecule has 85 heavy (non-hydrogen) atoms. The van der Waals surface area contributed by atoms with Crippen LogP contribution < -0.4 is 59.3 Å².